The molecule has 116 valence electrons. The van der Waals surface area contributed by atoms with Crippen LogP contribution < -0.4 is 0 Å². The van der Waals surface area contributed by atoms with Gasteiger partial charge in [-0.1, -0.05) is 64.7 Å². The van der Waals surface area contributed by atoms with Crippen LogP contribution in [0.3, 0.4) is 0 Å². The monoisotopic (exact) mass is 310 g/mol. The van der Waals surface area contributed by atoms with Crippen molar-refractivity contribution < 1.29 is 14.4 Å². The standard InChI is InChI=1S/C14H31O3PS/c1-2-3-4-5-6-7-8-9-10-11-13-19-14-12-18(15,16)17/h2-14H2,1H3,(H2,15,16,17). The Morgan fingerprint density at radius 1 is 0.789 bits per heavy atom. The highest BCUT2D eigenvalue weighted by atomic mass is 32.2. The van der Waals surface area contributed by atoms with E-state index in [2.05, 4.69) is 6.92 Å². The second kappa shape index (κ2) is 13.5. The molecule has 3 nitrogen and oxygen atoms in total. The van der Waals surface area contributed by atoms with Crippen molar-refractivity contribution in [3.05, 3.63) is 0 Å². The molecule has 0 aliphatic carbocycles. The summed E-state index contributed by atoms with van der Waals surface area (Å²) in [4.78, 5) is 17.4. The molecule has 0 atom stereocenters. The molecule has 0 aliphatic rings. The van der Waals surface area contributed by atoms with E-state index in [4.69, 9.17) is 9.79 Å². The Hall–Kier alpha value is 0.500. The van der Waals surface area contributed by atoms with Gasteiger partial charge in [-0.15, -0.1) is 0 Å². The fourth-order valence-corrected chi connectivity index (χ4v) is 4.06. The molecule has 5 heteroatoms. The van der Waals surface area contributed by atoms with Crippen LogP contribution in [0.15, 0.2) is 0 Å². The Kier molecular flexibility index (Phi) is 13.8. The third kappa shape index (κ3) is 18.5. The second-order valence-electron chi connectivity index (χ2n) is 5.18. The Labute approximate surface area is 123 Å². The van der Waals surface area contributed by atoms with Gasteiger partial charge in [0.15, 0.2) is 0 Å². The predicted octanol–water partition coefficient (Wildman–Crippen LogP) is 4.82. The number of hydrogen-bond donors (Lipinski definition) is 2. The molecule has 0 aromatic rings. The molecule has 0 saturated heterocycles. The van der Waals surface area contributed by atoms with Crippen molar-refractivity contribution >= 4 is 19.4 Å². The van der Waals surface area contributed by atoms with Crippen LogP contribution in [-0.4, -0.2) is 27.5 Å². The van der Waals surface area contributed by atoms with Gasteiger partial charge in [-0.2, -0.15) is 11.8 Å². The molecule has 0 heterocycles. The maximum atomic E-state index is 10.6. The van der Waals surface area contributed by atoms with Gasteiger partial charge in [-0.3, -0.25) is 4.57 Å². The summed E-state index contributed by atoms with van der Waals surface area (Å²) in [6.07, 6.45) is 13.4. The summed E-state index contributed by atoms with van der Waals surface area (Å²) in [7, 11) is -3.77. The lowest BCUT2D eigenvalue weighted by Crippen LogP contribution is -1.92. The molecule has 0 radical (unpaired) electrons. The van der Waals surface area contributed by atoms with Crippen molar-refractivity contribution in [2.75, 3.05) is 17.7 Å². The average Bonchev–Trinajstić information content (AvgIpc) is 2.34. The van der Waals surface area contributed by atoms with Crippen molar-refractivity contribution in [3.63, 3.8) is 0 Å². The van der Waals surface area contributed by atoms with E-state index in [1.807, 2.05) is 0 Å². The van der Waals surface area contributed by atoms with E-state index in [0.29, 0.717) is 5.75 Å². The maximum absolute atomic E-state index is 10.6. The molecule has 0 amide bonds. The third-order valence-electron chi connectivity index (χ3n) is 3.17. The first-order valence-corrected chi connectivity index (χ1v) is 10.6. The van der Waals surface area contributed by atoms with Crippen LogP contribution in [0.4, 0.5) is 0 Å². The Balaban J connectivity index is 3.01. The molecular weight excluding hydrogens is 279 g/mol. The van der Waals surface area contributed by atoms with Gasteiger partial charge in [0.2, 0.25) is 0 Å². The fraction of sp³-hybridized carbons (Fsp3) is 1.00. The molecule has 0 rings (SSSR count). The van der Waals surface area contributed by atoms with Crippen molar-refractivity contribution in [1.82, 2.24) is 0 Å². The van der Waals surface area contributed by atoms with Gasteiger partial charge in [0.05, 0.1) is 6.16 Å². The highest BCUT2D eigenvalue weighted by Gasteiger charge is 2.11. The number of rotatable bonds is 14. The number of unbranched alkanes of at least 4 members (excludes halogenated alkanes) is 9. The van der Waals surface area contributed by atoms with Crippen LogP contribution in [-0.2, 0) is 4.57 Å². The summed E-state index contributed by atoms with van der Waals surface area (Å²) in [5.41, 5.74) is 0. The Bertz CT molecular complexity index is 231. The zero-order valence-corrected chi connectivity index (χ0v) is 14.1. The number of hydrogen-bond acceptors (Lipinski definition) is 2. The summed E-state index contributed by atoms with van der Waals surface area (Å²) in [6, 6.07) is 0. The van der Waals surface area contributed by atoms with Crippen molar-refractivity contribution in [1.29, 1.82) is 0 Å². The molecule has 0 unspecified atom stereocenters. The Morgan fingerprint density at radius 3 is 1.74 bits per heavy atom. The van der Waals surface area contributed by atoms with Gasteiger partial charge in [0.25, 0.3) is 0 Å². The lowest BCUT2D eigenvalue weighted by atomic mass is 10.1. The predicted molar refractivity (Wildman–Crippen MR) is 86.1 cm³/mol. The highest BCUT2D eigenvalue weighted by Crippen LogP contribution is 2.34. The summed E-state index contributed by atoms with van der Waals surface area (Å²) in [5.74, 6) is 1.62. The first kappa shape index (κ1) is 19.5. The van der Waals surface area contributed by atoms with Gasteiger partial charge in [0.1, 0.15) is 0 Å². The molecule has 0 aliphatic heterocycles. The van der Waals surface area contributed by atoms with Crippen LogP contribution >= 0.6 is 19.4 Å². The molecule has 0 bridgehead atoms. The van der Waals surface area contributed by atoms with Crippen molar-refractivity contribution in [2.45, 2.75) is 71.1 Å². The number of thioether (sulfide) groups is 1. The average molecular weight is 310 g/mol. The summed E-state index contributed by atoms with van der Waals surface area (Å²) < 4.78 is 10.6. The maximum Gasteiger partial charge on any atom is 0.326 e. The van der Waals surface area contributed by atoms with Crippen LogP contribution in [0.2, 0.25) is 0 Å². The zero-order valence-electron chi connectivity index (χ0n) is 12.4. The zero-order chi connectivity index (χ0) is 14.4. The minimum Gasteiger partial charge on any atom is -0.324 e. The molecule has 0 spiro atoms. The molecule has 0 fully saturated rings. The minimum absolute atomic E-state index is 0.0232. The topological polar surface area (TPSA) is 57.5 Å². The lowest BCUT2D eigenvalue weighted by molar-refractivity contribution is 0.375. The molecule has 2 N–H and O–H groups in total. The molecule has 0 aromatic carbocycles. The van der Waals surface area contributed by atoms with Gasteiger partial charge >= 0.3 is 7.60 Å². The van der Waals surface area contributed by atoms with E-state index in [-0.39, 0.29) is 6.16 Å². The minimum atomic E-state index is -3.77. The van der Waals surface area contributed by atoms with E-state index in [1.54, 1.807) is 11.8 Å². The van der Waals surface area contributed by atoms with Gasteiger partial charge in [-0.25, -0.2) is 0 Å². The van der Waals surface area contributed by atoms with Crippen LogP contribution in [0.1, 0.15) is 71.1 Å². The van der Waals surface area contributed by atoms with Gasteiger partial charge < -0.3 is 9.79 Å². The summed E-state index contributed by atoms with van der Waals surface area (Å²) in [6.45, 7) is 2.25. The molecule has 0 aromatic heterocycles. The quantitative estimate of drug-likeness (QED) is 0.357. The molecule has 0 saturated carbocycles. The first-order valence-electron chi connectivity index (χ1n) is 7.68. The highest BCUT2D eigenvalue weighted by molar-refractivity contribution is 7.99. The van der Waals surface area contributed by atoms with Crippen molar-refractivity contribution in [2.24, 2.45) is 0 Å². The SMILES string of the molecule is CCCCCCCCCCCCSCCP(=O)(O)O. The van der Waals surface area contributed by atoms with E-state index in [9.17, 15) is 4.57 Å². The largest absolute Gasteiger partial charge is 0.326 e. The van der Waals surface area contributed by atoms with Crippen LogP contribution in [0, 0.1) is 0 Å². The molecule has 19 heavy (non-hydrogen) atoms. The van der Waals surface area contributed by atoms with E-state index < -0.39 is 7.60 Å². The van der Waals surface area contributed by atoms with Crippen LogP contribution in [0.25, 0.3) is 0 Å². The van der Waals surface area contributed by atoms with E-state index in [0.717, 1.165) is 5.75 Å². The molecular formula is C14H31O3PS. The second-order valence-corrected chi connectivity index (χ2v) is 8.18. The smallest absolute Gasteiger partial charge is 0.324 e. The van der Waals surface area contributed by atoms with E-state index >= 15 is 0 Å². The van der Waals surface area contributed by atoms with E-state index in [1.165, 1.54) is 64.2 Å². The fourth-order valence-electron chi connectivity index (χ4n) is 1.98. The Morgan fingerprint density at radius 2 is 1.26 bits per heavy atom. The van der Waals surface area contributed by atoms with Gasteiger partial charge in [-0.05, 0) is 12.2 Å². The van der Waals surface area contributed by atoms with Gasteiger partial charge in [0, 0.05) is 5.75 Å². The lowest BCUT2D eigenvalue weighted by Gasteiger charge is -2.04. The summed E-state index contributed by atoms with van der Waals surface area (Å²) >= 11 is 1.67. The summed E-state index contributed by atoms with van der Waals surface area (Å²) in [5, 5.41) is 0. The van der Waals surface area contributed by atoms with Crippen molar-refractivity contribution in [3.8, 4) is 0 Å². The normalized spacial score (nSPS) is 11.9. The van der Waals surface area contributed by atoms with Crippen LogP contribution in [0.5, 0.6) is 0 Å². The third-order valence-corrected chi connectivity index (χ3v) is 5.35. The first-order chi connectivity index (χ1) is 9.06.